The van der Waals surface area contributed by atoms with Gasteiger partial charge in [-0.05, 0) is 42.4 Å². The van der Waals surface area contributed by atoms with Crippen molar-refractivity contribution in [1.29, 1.82) is 0 Å². The Balaban J connectivity index is 1.26. The van der Waals surface area contributed by atoms with Crippen LogP contribution >= 0.6 is 47.1 Å². The van der Waals surface area contributed by atoms with Crippen molar-refractivity contribution in [2.45, 2.75) is 29.3 Å². The highest BCUT2D eigenvalue weighted by molar-refractivity contribution is 8.00. The van der Waals surface area contributed by atoms with E-state index in [1.165, 1.54) is 23.1 Å². The Kier molecular flexibility index (Phi) is 8.71. The van der Waals surface area contributed by atoms with Gasteiger partial charge in [-0.3, -0.25) is 14.5 Å². The molecule has 4 aromatic rings. The number of nitrogens with zero attached hydrogens (tertiary/aromatic N) is 3. The molecular formula is C31H26N4O3S4. The zero-order chi connectivity index (χ0) is 29.1. The number of aryl methyl sites for hydroxylation is 1. The summed E-state index contributed by atoms with van der Waals surface area (Å²) in [5.41, 5.74) is 3.22. The van der Waals surface area contributed by atoms with Gasteiger partial charge in [-0.2, -0.15) is 0 Å². The molecule has 6 rings (SSSR count). The van der Waals surface area contributed by atoms with E-state index in [-0.39, 0.29) is 28.0 Å². The molecule has 7 nitrogen and oxygen atoms in total. The normalized spacial score (nSPS) is 18.0. The fourth-order valence-electron chi connectivity index (χ4n) is 4.82. The van der Waals surface area contributed by atoms with Gasteiger partial charge in [0.2, 0.25) is 11.0 Å². The Morgan fingerprint density at radius 3 is 2.24 bits per heavy atom. The summed E-state index contributed by atoms with van der Waals surface area (Å²) >= 11 is 10.4. The van der Waals surface area contributed by atoms with E-state index in [0.717, 1.165) is 26.6 Å². The van der Waals surface area contributed by atoms with Crippen LogP contribution in [0.25, 0.3) is 5.57 Å². The average molecular weight is 631 g/mol. The topological polar surface area (TPSA) is 84.4 Å². The van der Waals surface area contributed by atoms with Crippen molar-refractivity contribution in [3.8, 4) is 0 Å². The van der Waals surface area contributed by atoms with Gasteiger partial charge in [0.25, 0.3) is 5.91 Å². The van der Waals surface area contributed by atoms with Crippen molar-refractivity contribution in [3.05, 3.63) is 118 Å². The lowest BCUT2D eigenvalue weighted by Crippen LogP contribution is -2.70. The molecule has 212 valence electrons. The zero-order valence-corrected chi connectivity index (χ0v) is 25.8. The number of fused-ring (bicyclic) bond motifs is 1. The minimum absolute atomic E-state index is 0.189. The van der Waals surface area contributed by atoms with Crippen molar-refractivity contribution >= 4 is 69.5 Å². The van der Waals surface area contributed by atoms with E-state index in [4.69, 9.17) is 17.0 Å². The number of aromatic nitrogens is 2. The van der Waals surface area contributed by atoms with Gasteiger partial charge in [-0.25, -0.2) is 0 Å². The first-order valence-corrected chi connectivity index (χ1v) is 16.5. The molecule has 3 heterocycles. The minimum Gasteiger partial charge on any atom is -0.469 e. The quantitative estimate of drug-likeness (QED) is 0.139. The smallest absolute Gasteiger partial charge is 0.253 e. The molecule has 2 aliphatic rings. The van der Waals surface area contributed by atoms with Gasteiger partial charge in [0.1, 0.15) is 33.2 Å². The van der Waals surface area contributed by atoms with Crippen LogP contribution in [0.1, 0.15) is 27.2 Å². The second kappa shape index (κ2) is 12.8. The predicted molar refractivity (Wildman–Crippen MR) is 172 cm³/mol. The molecule has 2 amide bonds. The van der Waals surface area contributed by atoms with Crippen LogP contribution in [0.4, 0.5) is 0 Å². The SMILES string of the molecule is Cc1nnc(C2=C(C(=S)OC(c3ccccc3)c3ccccc3)N3C(=O)[C@@H](NC(=O)CSc4ccccc4)[C@H]3SC2)s1. The molecule has 1 saturated heterocycles. The van der Waals surface area contributed by atoms with Gasteiger partial charge in [0, 0.05) is 16.2 Å². The van der Waals surface area contributed by atoms with Crippen molar-refractivity contribution < 1.29 is 14.3 Å². The summed E-state index contributed by atoms with van der Waals surface area (Å²) in [6.45, 7) is 1.89. The Hall–Kier alpha value is -3.51. The van der Waals surface area contributed by atoms with Crippen LogP contribution in [0.2, 0.25) is 0 Å². The van der Waals surface area contributed by atoms with Crippen LogP contribution in [0.3, 0.4) is 0 Å². The molecule has 1 N–H and O–H groups in total. The number of nitrogens with one attached hydrogen (secondary N) is 1. The van der Waals surface area contributed by atoms with Crippen LogP contribution in [-0.4, -0.2) is 54.9 Å². The first kappa shape index (κ1) is 28.6. The summed E-state index contributed by atoms with van der Waals surface area (Å²) < 4.78 is 6.56. The van der Waals surface area contributed by atoms with Gasteiger partial charge in [0.15, 0.2) is 0 Å². The standard InChI is InChI=1S/C31H26N4O3S4/c1-19-33-34-28(42-19)23-17-41-30-25(32-24(36)18-40-22-15-9-4-10-16-22)29(37)35(30)26(23)31(39)38-27(20-11-5-2-6-12-20)21-13-7-3-8-14-21/h2-16,25,27,30H,17-18H2,1H3,(H,32,36)/t25-,30-/m1/s1. The van der Waals surface area contributed by atoms with Gasteiger partial charge in [-0.1, -0.05) is 90.2 Å². The van der Waals surface area contributed by atoms with Crippen molar-refractivity contribution in [1.82, 2.24) is 20.4 Å². The number of β-lactam (4-membered cyclic amide) rings is 1. The summed E-state index contributed by atoms with van der Waals surface area (Å²) in [4.78, 5) is 29.1. The lowest BCUT2D eigenvalue weighted by Gasteiger charge is -2.50. The molecule has 0 radical (unpaired) electrons. The molecule has 42 heavy (non-hydrogen) atoms. The van der Waals surface area contributed by atoms with E-state index >= 15 is 0 Å². The molecule has 11 heteroatoms. The Bertz CT molecular complexity index is 1590. The number of hydrogen-bond acceptors (Lipinski definition) is 9. The molecule has 0 saturated carbocycles. The van der Waals surface area contributed by atoms with Crippen LogP contribution in [-0.2, 0) is 14.3 Å². The van der Waals surface area contributed by atoms with Gasteiger partial charge < -0.3 is 10.1 Å². The van der Waals surface area contributed by atoms with Crippen molar-refractivity contribution in [2.75, 3.05) is 11.5 Å². The van der Waals surface area contributed by atoms with Crippen LogP contribution in [0.15, 0.2) is 102 Å². The Morgan fingerprint density at radius 1 is 1.02 bits per heavy atom. The van der Waals surface area contributed by atoms with Crippen molar-refractivity contribution in [3.63, 3.8) is 0 Å². The third kappa shape index (κ3) is 6.00. The summed E-state index contributed by atoms with van der Waals surface area (Å²) in [5.74, 6) is 0.362. The summed E-state index contributed by atoms with van der Waals surface area (Å²) in [5, 5.41) is 12.9. The number of hydrogen-bond donors (Lipinski definition) is 1. The van der Waals surface area contributed by atoms with Gasteiger partial charge in [-0.15, -0.1) is 33.7 Å². The largest absolute Gasteiger partial charge is 0.469 e. The zero-order valence-electron chi connectivity index (χ0n) is 22.5. The van der Waals surface area contributed by atoms with E-state index in [1.54, 1.807) is 16.7 Å². The summed E-state index contributed by atoms with van der Waals surface area (Å²) in [6, 6.07) is 28.8. The average Bonchev–Trinajstić information content (AvgIpc) is 3.47. The third-order valence-electron chi connectivity index (χ3n) is 6.80. The van der Waals surface area contributed by atoms with E-state index in [2.05, 4.69) is 15.5 Å². The molecule has 1 fully saturated rings. The van der Waals surface area contributed by atoms with Crippen LogP contribution in [0, 0.1) is 6.92 Å². The monoisotopic (exact) mass is 630 g/mol. The molecule has 0 spiro atoms. The number of rotatable bonds is 9. The molecule has 1 aromatic heterocycles. The molecule has 3 aromatic carbocycles. The Labute approximate surface area is 261 Å². The number of amides is 2. The fourth-order valence-corrected chi connectivity index (χ4v) is 8.04. The molecule has 2 aliphatic heterocycles. The molecule has 0 aliphatic carbocycles. The summed E-state index contributed by atoms with van der Waals surface area (Å²) in [7, 11) is 0. The maximum atomic E-state index is 13.6. The van der Waals surface area contributed by atoms with E-state index < -0.39 is 12.1 Å². The van der Waals surface area contributed by atoms with E-state index in [9.17, 15) is 9.59 Å². The fraction of sp³-hybridized carbons (Fsp3) is 0.194. The van der Waals surface area contributed by atoms with Gasteiger partial charge in [0.05, 0.1) is 5.75 Å². The second-order valence-electron chi connectivity index (χ2n) is 9.62. The predicted octanol–water partition coefficient (Wildman–Crippen LogP) is 5.88. The number of carbonyl (C=O) groups excluding carboxylic acids is 2. The van der Waals surface area contributed by atoms with E-state index in [0.29, 0.717) is 16.5 Å². The maximum absolute atomic E-state index is 13.6. The number of carbonyl (C=O) groups is 2. The van der Waals surface area contributed by atoms with E-state index in [1.807, 2.05) is 97.9 Å². The third-order valence-corrected chi connectivity index (χ3v) is 10.3. The van der Waals surface area contributed by atoms with Crippen molar-refractivity contribution in [2.24, 2.45) is 0 Å². The first-order valence-electron chi connectivity index (χ1n) is 13.3. The molecule has 0 unspecified atom stereocenters. The first-order chi connectivity index (χ1) is 20.5. The molecular weight excluding hydrogens is 605 g/mol. The number of benzene rings is 3. The lowest BCUT2D eigenvalue weighted by molar-refractivity contribution is -0.145. The minimum atomic E-state index is -0.645. The number of ether oxygens (including phenoxy) is 1. The van der Waals surface area contributed by atoms with Crippen LogP contribution < -0.4 is 5.32 Å². The summed E-state index contributed by atoms with van der Waals surface area (Å²) in [6.07, 6.45) is -0.472. The van der Waals surface area contributed by atoms with Gasteiger partial charge >= 0.3 is 0 Å². The molecule has 2 atom stereocenters. The maximum Gasteiger partial charge on any atom is 0.253 e. The lowest BCUT2D eigenvalue weighted by atomic mass is 10.0. The van der Waals surface area contributed by atoms with Crippen LogP contribution in [0.5, 0.6) is 0 Å². The highest BCUT2D eigenvalue weighted by atomic mass is 32.2. The highest BCUT2D eigenvalue weighted by Crippen LogP contribution is 2.45. The second-order valence-corrected chi connectivity index (χ2v) is 13.3. The Morgan fingerprint density at radius 2 is 1.64 bits per heavy atom. The highest BCUT2D eigenvalue weighted by Gasteiger charge is 2.54. The molecule has 0 bridgehead atoms. The number of thioether (sulfide) groups is 2. The number of thiocarbonyl (C=S) groups is 1.